The van der Waals surface area contributed by atoms with Gasteiger partial charge in [0.25, 0.3) is 0 Å². The highest BCUT2D eigenvalue weighted by Gasteiger charge is 2.53. The van der Waals surface area contributed by atoms with Crippen molar-refractivity contribution in [2.75, 3.05) is 0 Å². The van der Waals surface area contributed by atoms with Crippen LogP contribution in [0.15, 0.2) is 0 Å². The van der Waals surface area contributed by atoms with Crippen molar-refractivity contribution in [2.24, 2.45) is 11.3 Å². The molecule has 0 heterocycles. The molecule has 0 unspecified atom stereocenters. The number of carbonyl (C=O) groups excluding carboxylic acids is 2. The Balaban J connectivity index is 2.36. The van der Waals surface area contributed by atoms with E-state index < -0.39 is 11.5 Å². The summed E-state index contributed by atoms with van der Waals surface area (Å²) in [6.45, 7) is 1.76. The summed E-state index contributed by atoms with van der Waals surface area (Å²) in [7, 11) is 0. The van der Waals surface area contributed by atoms with Gasteiger partial charge in [-0.1, -0.05) is 6.42 Å². The second-order valence-electron chi connectivity index (χ2n) is 4.67. The van der Waals surface area contributed by atoms with Gasteiger partial charge in [-0.3, -0.25) is 9.59 Å². The maximum Gasteiger partial charge on any atom is 0.142 e. The van der Waals surface area contributed by atoms with Gasteiger partial charge in [0, 0.05) is 18.8 Å². The van der Waals surface area contributed by atoms with Crippen LogP contribution >= 0.6 is 0 Å². The summed E-state index contributed by atoms with van der Waals surface area (Å²) in [4.78, 5) is 23.5. The minimum Gasteiger partial charge on any atom is -0.392 e. The maximum atomic E-state index is 11.8. The molecule has 78 valence electrons. The molecule has 1 N–H and O–H groups in total. The highest BCUT2D eigenvalue weighted by molar-refractivity contribution is 5.99. The maximum absolute atomic E-state index is 11.8. The number of hydrogen-bond donors (Lipinski definition) is 1. The Morgan fingerprint density at radius 3 is 2.64 bits per heavy atom. The topological polar surface area (TPSA) is 54.4 Å². The third kappa shape index (κ3) is 1.15. The summed E-state index contributed by atoms with van der Waals surface area (Å²) in [5.41, 5.74) is -0.770. The van der Waals surface area contributed by atoms with E-state index in [1.54, 1.807) is 6.92 Å². The van der Waals surface area contributed by atoms with Crippen molar-refractivity contribution in [3.8, 4) is 0 Å². The zero-order valence-electron chi connectivity index (χ0n) is 8.45. The van der Waals surface area contributed by atoms with E-state index in [4.69, 9.17) is 0 Å². The van der Waals surface area contributed by atoms with Crippen LogP contribution in [0.5, 0.6) is 0 Å². The number of Topliss-reactive ketones (excluding diaryl/α,β-unsaturated/α-hetero) is 2. The van der Waals surface area contributed by atoms with Gasteiger partial charge in [-0.25, -0.2) is 0 Å². The second kappa shape index (κ2) is 3.16. The predicted octanol–water partition coefficient (Wildman–Crippen LogP) is 1.09. The number of ketones is 2. The van der Waals surface area contributed by atoms with Crippen molar-refractivity contribution >= 4 is 11.6 Å². The smallest absolute Gasteiger partial charge is 0.142 e. The lowest BCUT2D eigenvalue weighted by Gasteiger charge is -2.45. The van der Waals surface area contributed by atoms with Crippen LogP contribution in [0.2, 0.25) is 0 Å². The van der Waals surface area contributed by atoms with Crippen molar-refractivity contribution < 1.29 is 14.7 Å². The molecular weight excluding hydrogens is 180 g/mol. The molecule has 2 rings (SSSR count). The summed E-state index contributed by atoms with van der Waals surface area (Å²) in [5.74, 6) is 0.0349. The van der Waals surface area contributed by atoms with E-state index in [0.29, 0.717) is 19.3 Å². The molecule has 0 radical (unpaired) electrons. The van der Waals surface area contributed by atoms with Gasteiger partial charge >= 0.3 is 0 Å². The Hall–Kier alpha value is -0.700. The van der Waals surface area contributed by atoms with Gasteiger partial charge in [-0.05, 0) is 19.8 Å². The van der Waals surface area contributed by atoms with Crippen LogP contribution in [-0.4, -0.2) is 22.8 Å². The highest BCUT2D eigenvalue weighted by Crippen LogP contribution is 2.46. The van der Waals surface area contributed by atoms with E-state index in [2.05, 4.69) is 0 Å². The number of carbonyl (C=O) groups is 2. The van der Waals surface area contributed by atoms with Crippen LogP contribution in [0.25, 0.3) is 0 Å². The third-order valence-electron chi connectivity index (χ3n) is 3.97. The Labute approximate surface area is 83.5 Å². The van der Waals surface area contributed by atoms with Crippen molar-refractivity contribution in [1.82, 2.24) is 0 Å². The first-order valence-corrected chi connectivity index (χ1v) is 5.31. The van der Waals surface area contributed by atoms with Crippen molar-refractivity contribution in [1.29, 1.82) is 0 Å². The molecule has 0 bridgehead atoms. The number of fused-ring (bicyclic) bond motifs is 1. The van der Waals surface area contributed by atoms with E-state index in [1.807, 2.05) is 0 Å². The fourth-order valence-corrected chi connectivity index (χ4v) is 2.90. The number of aliphatic hydroxyl groups is 1. The second-order valence-corrected chi connectivity index (χ2v) is 4.67. The highest BCUT2D eigenvalue weighted by atomic mass is 16.3. The molecule has 0 saturated heterocycles. The fourth-order valence-electron chi connectivity index (χ4n) is 2.90. The van der Waals surface area contributed by atoms with Gasteiger partial charge in [0.05, 0.1) is 11.5 Å². The molecule has 2 fully saturated rings. The average Bonchev–Trinajstić information content (AvgIpc) is 2.16. The van der Waals surface area contributed by atoms with E-state index in [0.717, 1.165) is 12.8 Å². The number of hydrogen-bond acceptors (Lipinski definition) is 3. The van der Waals surface area contributed by atoms with E-state index in [9.17, 15) is 14.7 Å². The van der Waals surface area contributed by atoms with Crippen LogP contribution in [0.1, 0.15) is 39.0 Å². The van der Waals surface area contributed by atoms with Crippen molar-refractivity contribution in [3.63, 3.8) is 0 Å². The zero-order valence-corrected chi connectivity index (χ0v) is 8.45. The minimum absolute atomic E-state index is 0.0781. The Kier molecular flexibility index (Phi) is 2.22. The van der Waals surface area contributed by atoms with Gasteiger partial charge in [0.2, 0.25) is 0 Å². The van der Waals surface area contributed by atoms with Crippen molar-refractivity contribution in [2.45, 2.75) is 45.1 Å². The Morgan fingerprint density at radius 2 is 2.00 bits per heavy atom. The molecular formula is C11H16O3. The number of aliphatic hydroxyl groups excluding tert-OH is 1. The normalized spacial score (nSPS) is 43.6. The summed E-state index contributed by atoms with van der Waals surface area (Å²) in [6, 6.07) is 0. The lowest BCUT2D eigenvalue weighted by molar-refractivity contribution is -0.157. The quantitative estimate of drug-likeness (QED) is 0.631. The van der Waals surface area contributed by atoms with Crippen molar-refractivity contribution in [3.05, 3.63) is 0 Å². The first kappa shape index (κ1) is 9.84. The van der Waals surface area contributed by atoms with Crippen LogP contribution < -0.4 is 0 Å². The fraction of sp³-hybridized carbons (Fsp3) is 0.818. The zero-order chi connectivity index (χ0) is 10.3. The molecule has 2 aliphatic carbocycles. The average molecular weight is 196 g/mol. The van der Waals surface area contributed by atoms with Gasteiger partial charge in [0.1, 0.15) is 11.6 Å². The van der Waals surface area contributed by atoms with E-state index >= 15 is 0 Å². The van der Waals surface area contributed by atoms with E-state index in [-0.39, 0.29) is 17.5 Å². The molecule has 0 aliphatic heterocycles. The molecule has 0 aromatic rings. The third-order valence-corrected chi connectivity index (χ3v) is 3.97. The van der Waals surface area contributed by atoms with E-state index in [1.165, 1.54) is 0 Å². The van der Waals surface area contributed by atoms with Crippen LogP contribution in [0, 0.1) is 11.3 Å². The summed E-state index contributed by atoms with van der Waals surface area (Å²) < 4.78 is 0. The molecule has 0 amide bonds. The van der Waals surface area contributed by atoms with Crippen LogP contribution in [0.3, 0.4) is 0 Å². The Morgan fingerprint density at radius 1 is 1.29 bits per heavy atom. The van der Waals surface area contributed by atoms with Gasteiger partial charge in [-0.15, -0.1) is 0 Å². The van der Waals surface area contributed by atoms with Crippen LogP contribution in [-0.2, 0) is 9.59 Å². The minimum atomic E-state index is -0.770. The summed E-state index contributed by atoms with van der Waals surface area (Å²) in [6.07, 6.45) is 2.39. The molecule has 0 aromatic carbocycles. The summed E-state index contributed by atoms with van der Waals surface area (Å²) in [5, 5.41) is 9.88. The summed E-state index contributed by atoms with van der Waals surface area (Å²) >= 11 is 0. The lowest BCUT2D eigenvalue weighted by atomic mass is 9.58. The molecule has 3 nitrogen and oxygen atoms in total. The molecule has 2 aliphatic rings. The number of rotatable bonds is 0. The molecule has 0 aromatic heterocycles. The largest absolute Gasteiger partial charge is 0.392 e. The Bertz CT molecular complexity index is 284. The molecule has 14 heavy (non-hydrogen) atoms. The lowest BCUT2D eigenvalue weighted by Crippen LogP contribution is -2.54. The van der Waals surface area contributed by atoms with Gasteiger partial charge < -0.3 is 5.11 Å². The van der Waals surface area contributed by atoms with Gasteiger partial charge in [-0.2, -0.15) is 0 Å². The molecule has 2 saturated carbocycles. The monoisotopic (exact) mass is 196 g/mol. The molecule has 3 heteroatoms. The first-order chi connectivity index (χ1) is 6.56. The molecule has 0 spiro atoms. The predicted molar refractivity (Wildman–Crippen MR) is 50.7 cm³/mol. The first-order valence-electron chi connectivity index (χ1n) is 5.31. The molecule has 3 atom stereocenters. The SMILES string of the molecule is C[C@@]12C(=O)CCC(=O)[C@@H]1CCC[C@@H]2O. The van der Waals surface area contributed by atoms with Gasteiger partial charge in [0.15, 0.2) is 0 Å². The van der Waals surface area contributed by atoms with Crippen LogP contribution in [0.4, 0.5) is 0 Å². The standard InChI is InChI=1S/C11H16O3/c1-11-7(3-2-4-9(11)13)8(12)5-6-10(11)14/h7,9,13H,2-6H2,1H3/t7-,9-,11+/m0/s1.